The summed E-state index contributed by atoms with van der Waals surface area (Å²) in [6.45, 7) is 5.70. The standard InChI is InChI=1S/C9H12N2O/c1-7-3-4-9(12-11-2)8(5-7)6-10/h3-5H,2,6,10H2,1H3. The summed E-state index contributed by atoms with van der Waals surface area (Å²) in [6.07, 6.45) is 0. The van der Waals surface area contributed by atoms with Gasteiger partial charge in [-0.3, -0.25) is 0 Å². The van der Waals surface area contributed by atoms with Gasteiger partial charge in [0.15, 0.2) is 5.75 Å². The zero-order valence-corrected chi connectivity index (χ0v) is 7.08. The maximum atomic E-state index is 5.51. The number of nitrogens with zero attached hydrogens (tertiary/aromatic N) is 1. The Morgan fingerprint density at radius 1 is 1.58 bits per heavy atom. The van der Waals surface area contributed by atoms with Gasteiger partial charge in [0.2, 0.25) is 0 Å². The summed E-state index contributed by atoms with van der Waals surface area (Å²) in [7, 11) is 0. The molecule has 1 aromatic carbocycles. The van der Waals surface area contributed by atoms with E-state index in [2.05, 4.69) is 11.9 Å². The topological polar surface area (TPSA) is 47.6 Å². The first-order valence-corrected chi connectivity index (χ1v) is 3.70. The van der Waals surface area contributed by atoms with Crippen LogP contribution in [0, 0.1) is 6.92 Å². The molecule has 64 valence electrons. The summed E-state index contributed by atoms with van der Waals surface area (Å²) in [4.78, 5) is 4.92. The number of oxime groups is 1. The molecule has 1 rings (SSSR count). The molecule has 0 bridgehead atoms. The third-order valence-electron chi connectivity index (χ3n) is 1.60. The molecule has 12 heavy (non-hydrogen) atoms. The second-order valence-corrected chi connectivity index (χ2v) is 2.54. The normalized spacial score (nSPS) is 9.50. The van der Waals surface area contributed by atoms with E-state index in [0.29, 0.717) is 12.3 Å². The predicted molar refractivity (Wildman–Crippen MR) is 49.2 cm³/mol. The van der Waals surface area contributed by atoms with Crippen molar-refractivity contribution in [3.05, 3.63) is 29.3 Å². The van der Waals surface area contributed by atoms with Crippen LogP contribution in [-0.4, -0.2) is 6.72 Å². The van der Waals surface area contributed by atoms with E-state index in [4.69, 9.17) is 10.6 Å². The van der Waals surface area contributed by atoms with Crippen molar-refractivity contribution in [2.24, 2.45) is 10.9 Å². The molecule has 0 saturated heterocycles. The third kappa shape index (κ3) is 1.83. The highest BCUT2D eigenvalue weighted by Gasteiger charge is 2.01. The van der Waals surface area contributed by atoms with Gasteiger partial charge in [0.1, 0.15) is 0 Å². The van der Waals surface area contributed by atoms with E-state index in [0.717, 1.165) is 11.1 Å². The highest BCUT2D eigenvalue weighted by Crippen LogP contribution is 2.19. The molecule has 0 heterocycles. The molecule has 0 aliphatic rings. The summed E-state index contributed by atoms with van der Waals surface area (Å²) in [6, 6.07) is 5.76. The van der Waals surface area contributed by atoms with E-state index in [-0.39, 0.29) is 0 Å². The van der Waals surface area contributed by atoms with Gasteiger partial charge in [-0.1, -0.05) is 22.9 Å². The highest BCUT2D eigenvalue weighted by atomic mass is 16.6. The fraction of sp³-hybridized carbons (Fsp3) is 0.222. The van der Waals surface area contributed by atoms with Crippen LogP contribution >= 0.6 is 0 Å². The van der Waals surface area contributed by atoms with E-state index in [1.165, 1.54) is 0 Å². The lowest BCUT2D eigenvalue weighted by atomic mass is 10.1. The molecule has 0 radical (unpaired) electrons. The molecule has 1 aromatic rings. The molecule has 0 amide bonds. The molecule has 0 unspecified atom stereocenters. The van der Waals surface area contributed by atoms with Crippen LogP contribution in [0.5, 0.6) is 5.75 Å². The highest BCUT2D eigenvalue weighted by molar-refractivity contribution is 5.37. The fourth-order valence-corrected chi connectivity index (χ4v) is 1.03. The van der Waals surface area contributed by atoms with Crippen molar-refractivity contribution in [1.29, 1.82) is 0 Å². The van der Waals surface area contributed by atoms with Gasteiger partial charge in [-0.15, -0.1) is 0 Å². The van der Waals surface area contributed by atoms with Gasteiger partial charge in [-0.25, -0.2) is 0 Å². The Morgan fingerprint density at radius 3 is 2.92 bits per heavy atom. The minimum atomic E-state index is 0.451. The molecule has 3 heteroatoms. The van der Waals surface area contributed by atoms with Gasteiger partial charge in [0, 0.05) is 18.8 Å². The minimum absolute atomic E-state index is 0.451. The first-order chi connectivity index (χ1) is 5.77. The van der Waals surface area contributed by atoms with E-state index in [1.54, 1.807) is 0 Å². The third-order valence-corrected chi connectivity index (χ3v) is 1.60. The average Bonchev–Trinajstić information content (AvgIpc) is 2.08. The predicted octanol–water partition coefficient (Wildman–Crippen LogP) is 1.45. The second kappa shape index (κ2) is 3.88. The maximum absolute atomic E-state index is 5.51. The van der Waals surface area contributed by atoms with Crippen molar-refractivity contribution in [3.63, 3.8) is 0 Å². The van der Waals surface area contributed by atoms with Crippen molar-refractivity contribution in [2.45, 2.75) is 13.5 Å². The molecule has 2 N–H and O–H groups in total. The summed E-state index contributed by atoms with van der Waals surface area (Å²) in [5.74, 6) is 0.679. The molecular formula is C9H12N2O. The average molecular weight is 164 g/mol. The van der Waals surface area contributed by atoms with Gasteiger partial charge >= 0.3 is 0 Å². The van der Waals surface area contributed by atoms with Crippen LogP contribution in [0.2, 0.25) is 0 Å². The van der Waals surface area contributed by atoms with Gasteiger partial charge in [-0.2, -0.15) is 0 Å². The van der Waals surface area contributed by atoms with E-state index in [1.807, 2.05) is 25.1 Å². The Bertz CT molecular complexity index is 284. The van der Waals surface area contributed by atoms with Gasteiger partial charge in [0.05, 0.1) is 0 Å². The monoisotopic (exact) mass is 164 g/mol. The first kappa shape index (κ1) is 8.74. The van der Waals surface area contributed by atoms with Crippen LogP contribution in [0.3, 0.4) is 0 Å². The number of hydrogen-bond acceptors (Lipinski definition) is 3. The van der Waals surface area contributed by atoms with Crippen molar-refractivity contribution in [1.82, 2.24) is 0 Å². The fourth-order valence-electron chi connectivity index (χ4n) is 1.03. The summed E-state index contributed by atoms with van der Waals surface area (Å²) >= 11 is 0. The quantitative estimate of drug-likeness (QED) is 0.543. The number of nitrogens with two attached hydrogens (primary N) is 1. The van der Waals surface area contributed by atoms with Gasteiger partial charge in [-0.05, 0) is 13.0 Å². The van der Waals surface area contributed by atoms with Crippen LogP contribution in [-0.2, 0) is 6.54 Å². The molecule has 0 aliphatic heterocycles. The molecule has 0 saturated carbocycles. The first-order valence-electron chi connectivity index (χ1n) is 3.70. The largest absolute Gasteiger partial charge is 0.357 e. The van der Waals surface area contributed by atoms with Crippen LogP contribution in [0.4, 0.5) is 0 Å². The van der Waals surface area contributed by atoms with Crippen LogP contribution in [0.15, 0.2) is 23.4 Å². The maximum Gasteiger partial charge on any atom is 0.162 e. The molecule has 0 atom stereocenters. The Balaban J connectivity index is 3.01. The Labute approximate surface area is 71.8 Å². The molecule has 0 spiro atoms. The molecule has 0 aliphatic carbocycles. The van der Waals surface area contributed by atoms with Crippen molar-refractivity contribution < 1.29 is 4.84 Å². The molecule has 3 nitrogen and oxygen atoms in total. The smallest absolute Gasteiger partial charge is 0.162 e. The van der Waals surface area contributed by atoms with Crippen LogP contribution in [0.25, 0.3) is 0 Å². The number of aryl methyl sites for hydroxylation is 1. The van der Waals surface area contributed by atoms with Gasteiger partial charge in [0.25, 0.3) is 0 Å². The Morgan fingerprint density at radius 2 is 2.33 bits per heavy atom. The summed E-state index contributed by atoms with van der Waals surface area (Å²) in [5.41, 5.74) is 7.61. The SMILES string of the molecule is C=NOc1ccc(C)cc1CN. The Kier molecular flexibility index (Phi) is 2.82. The lowest BCUT2D eigenvalue weighted by Crippen LogP contribution is -1.99. The molecular weight excluding hydrogens is 152 g/mol. The van der Waals surface area contributed by atoms with Crippen LogP contribution < -0.4 is 10.6 Å². The van der Waals surface area contributed by atoms with Crippen LogP contribution in [0.1, 0.15) is 11.1 Å². The van der Waals surface area contributed by atoms with E-state index >= 15 is 0 Å². The zero-order chi connectivity index (χ0) is 8.97. The summed E-state index contributed by atoms with van der Waals surface area (Å²) in [5, 5.41) is 3.34. The van der Waals surface area contributed by atoms with E-state index in [9.17, 15) is 0 Å². The number of rotatable bonds is 3. The molecule has 0 fully saturated rings. The number of hydrogen-bond donors (Lipinski definition) is 1. The molecule has 0 aromatic heterocycles. The summed E-state index contributed by atoms with van der Waals surface area (Å²) < 4.78 is 0. The van der Waals surface area contributed by atoms with Crippen molar-refractivity contribution >= 4 is 6.72 Å². The zero-order valence-electron chi connectivity index (χ0n) is 7.08. The van der Waals surface area contributed by atoms with E-state index < -0.39 is 0 Å². The minimum Gasteiger partial charge on any atom is -0.357 e. The Hall–Kier alpha value is -1.35. The lowest BCUT2D eigenvalue weighted by molar-refractivity contribution is 0.342. The van der Waals surface area contributed by atoms with Crippen molar-refractivity contribution in [2.75, 3.05) is 0 Å². The number of benzene rings is 1. The van der Waals surface area contributed by atoms with Gasteiger partial charge < -0.3 is 10.6 Å². The second-order valence-electron chi connectivity index (χ2n) is 2.54. The lowest BCUT2D eigenvalue weighted by Gasteiger charge is -2.04. The van der Waals surface area contributed by atoms with Crippen molar-refractivity contribution in [3.8, 4) is 5.75 Å².